The quantitative estimate of drug-likeness (QED) is 0.562. The van der Waals surface area contributed by atoms with Crippen molar-refractivity contribution in [3.05, 3.63) is 75.8 Å². The highest BCUT2D eigenvalue weighted by molar-refractivity contribution is 7.89. The molecule has 1 aromatic heterocycles. The molecule has 158 valence electrons. The summed E-state index contributed by atoms with van der Waals surface area (Å²) in [6, 6.07) is 10.1. The molecule has 0 amide bonds. The summed E-state index contributed by atoms with van der Waals surface area (Å²) in [5.74, 6) is -1.75. The van der Waals surface area contributed by atoms with Gasteiger partial charge in [0.1, 0.15) is 0 Å². The Bertz CT molecular complexity index is 1160. The molecular formula is C20H18ClF2N3O2S2. The fourth-order valence-electron chi connectivity index (χ4n) is 3.28. The molecule has 0 saturated carbocycles. The minimum absolute atomic E-state index is 0.187. The number of hydrogen-bond donors (Lipinski definition) is 0. The van der Waals surface area contributed by atoms with Gasteiger partial charge in [-0.05, 0) is 35.9 Å². The number of anilines is 1. The number of benzene rings is 2. The number of rotatable bonds is 5. The number of thiazole rings is 1. The Morgan fingerprint density at radius 3 is 2.50 bits per heavy atom. The molecule has 2 aromatic carbocycles. The van der Waals surface area contributed by atoms with Crippen LogP contribution < -0.4 is 4.90 Å². The lowest BCUT2D eigenvalue weighted by Crippen LogP contribution is -2.48. The zero-order valence-corrected chi connectivity index (χ0v) is 18.2. The van der Waals surface area contributed by atoms with Crippen LogP contribution in [0.4, 0.5) is 13.9 Å². The molecule has 3 aromatic rings. The van der Waals surface area contributed by atoms with E-state index in [2.05, 4.69) is 4.98 Å². The lowest BCUT2D eigenvalue weighted by Gasteiger charge is -2.33. The van der Waals surface area contributed by atoms with Crippen LogP contribution in [0.1, 0.15) is 11.3 Å². The SMILES string of the molecule is O=S(=O)(c1cccc(Cl)c1)N1CCN(c2nc(Cc3ccc(F)c(F)c3)cs2)CC1. The summed E-state index contributed by atoms with van der Waals surface area (Å²) in [4.78, 5) is 6.80. The first-order valence-electron chi connectivity index (χ1n) is 9.22. The first-order chi connectivity index (χ1) is 14.3. The normalized spacial score (nSPS) is 15.5. The maximum Gasteiger partial charge on any atom is 0.243 e. The average Bonchev–Trinajstić information content (AvgIpc) is 3.19. The number of halogens is 3. The highest BCUT2D eigenvalue weighted by Gasteiger charge is 2.29. The van der Waals surface area contributed by atoms with Gasteiger partial charge in [-0.15, -0.1) is 11.3 Å². The van der Waals surface area contributed by atoms with Crippen molar-refractivity contribution in [2.24, 2.45) is 0 Å². The Hall–Kier alpha value is -2.07. The van der Waals surface area contributed by atoms with Crippen LogP contribution in [-0.2, 0) is 16.4 Å². The third kappa shape index (κ3) is 4.49. The minimum Gasteiger partial charge on any atom is -0.345 e. The van der Waals surface area contributed by atoms with Crippen LogP contribution in [0.2, 0.25) is 5.02 Å². The number of nitrogens with zero attached hydrogens (tertiary/aromatic N) is 3. The molecule has 1 aliphatic rings. The number of piperazine rings is 1. The zero-order chi connectivity index (χ0) is 21.3. The van der Waals surface area contributed by atoms with Crippen LogP contribution in [0.3, 0.4) is 0 Å². The lowest BCUT2D eigenvalue weighted by molar-refractivity contribution is 0.384. The van der Waals surface area contributed by atoms with Crippen molar-refractivity contribution in [2.75, 3.05) is 31.1 Å². The van der Waals surface area contributed by atoms with Gasteiger partial charge >= 0.3 is 0 Å². The standard InChI is InChI=1S/C20H18ClF2N3O2S2/c21-15-2-1-3-17(12-15)30(27,28)26-8-6-25(7-9-26)20-24-16(13-29-20)10-14-4-5-18(22)19(23)11-14/h1-5,11-13H,6-10H2. The van der Waals surface area contributed by atoms with E-state index < -0.39 is 21.7 Å². The molecule has 10 heteroatoms. The van der Waals surface area contributed by atoms with Crippen LogP contribution in [-0.4, -0.2) is 43.9 Å². The van der Waals surface area contributed by atoms with E-state index >= 15 is 0 Å². The average molecular weight is 470 g/mol. The zero-order valence-electron chi connectivity index (χ0n) is 15.8. The second-order valence-corrected chi connectivity index (χ2v) is 10.1. The Morgan fingerprint density at radius 2 is 1.80 bits per heavy atom. The summed E-state index contributed by atoms with van der Waals surface area (Å²) in [7, 11) is -3.59. The van der Waals surface area contributed by atoms with Crippen molar-refractivity contribution in [1.29, 1.82) is 0 Å². The fraction of sp³-hybridized carbons (Fsp3) is 0.250. The molecule has 0 unspecified atom stereocenters. The molecule has 1 aliphatic heterocycles. The number of sulfonamides is 1. The van der Waals surface area contributed by atoms with Crippen molar-refractivity contribution in [1.82, 2.24) is 9.29 Å². The predicted molar refractivity (Wildman–Crippen MR) is 114 cm³/mol. The van der Waals surface area contributed by atoms with E-state index in [0.717, 1.165) is 16.9 Å². The molecule has 0 radical (unpaired) electrons. The topological polar surface area (TPSA) is 53.5 Å². The van der Waals surface area contributed by atoms with Gasteiger partial charge in [-0.25, -0.2) is 22.2 Å². The molecule has 0 aliphatic carbocycles. The van der Waals surface area contributed by atoms with Crippen molar-refractivity contribution in [2.45, 2.75) is 11.3 Å². The number of hydrogen-bond acceptors (Lipinski definition) is 5. The summed E-state index contributed by atoms with van der Waals surface area (Å²) < 4.78 is 53.6. The smallest absolute Gasteiger partial charge is 0.243 e. The van der Waals surface area contributed by atoms with Gasteiger partial charge in [0.2, 0.25) is 10.0 Å². The summed E-state index contributed by atoms with van der Waals surface area (Å²) in [5, 5.41) is 3.05. The second kappa shape index (κ2) is 8.58. The first kappa shape index (κ1) is 21.2. The van der Waals surface area contributed by atoms with E-state index in [4.69, 9.17) is 11.6 Å². The minimum atomic E-state index is -3.59. The van der Waals surface area contributed by atoms with E-state index in [1.54, 1.807) is 18.2 Å². The Morgan fingerprint density at radius 1 is 1.03 bits per heavy atom. The van der Waals surface area contributed by atoms with Gasteiger partial charge < -0.3 is 4.90 Å². The molecule has 4 rings (SSSR count). The van der Waals surface area contributed by atoms with Crippen LogP contribution in [0.15, 0.2) is 52.7 Å². The van der Waals surface area contributed by atoms with Gasteiger partial charge in [0, 0.05) is 43.0 Å². The van der Waals surface area contributed by atoms with Crippen molar-refractivity contribution < 1.29 is 17.2 Å². The van der Waals surface area contributed by atoms with Crippen molar-refractivity contribution in [3.63, 3.8) is 0 Å². The van der Waals surface area contributed by atoms with Crippen molar-refractivity contribution in [3.8, 4) is 0 Å². The Labute approximate surface area is 182 Å². The van der Waals surface area contributed by atoms with Crippen LogP contribution >= 0.6 is 22.9 Å². The lowest BCUT2D eigenvalue weighted by atomic mass is 10.1. The third-order valence-electron chi connectivity index (χ3n) is 4.85. The fourth-order valence-corrected chi connectivity index (χ4v) is 5.88. The molecule has 30 heavy (non-hydrogen) atoms. The molecule has 2 heterocycles. The molecule has 0 spiro atoms. The van der Waals surface area contributed by atoms with E-state index in [1.807, 2.05) is 10.3 Å². The van der Waals surface area contributed by atoms with E-state index in [9.17, 15) is 17.2 Å². The summed E-state index contributed by atoms with van der Waals surface area (Å²) >= 11 is 7.38. The summed E-state index contributed by atoms with van der Waals surface area (Å²) in [6.45, 7) is 1.70. The highest BCUT2D eigenvalue weighted by Crippen LogP contribution is 2.26. The summed E-state index contributed by atoms with van der Waals surface area (Å²) in [6.07, 6.45) is 0.400. The third-order valence-corrected chi connectivity index (χ3v) is 7.93. The Kier molecular flexibility index (Phi) is 6.06. The molecule has 5 nitrogen and oxygen atoms in total. The molecule has 0 atom stereocenters. The van der Waals surface area contributed by atoms with Gasteiger partial charge in [-0.2, -0.15) is 4.31 Å². The van der Waals surface area contributed by atoms with Crippen molar-refractivity contribution >= 4 is 38.1 Å². The van der Waals surface area contributed by atoms with Gasteiger partial charge in [-0.3, -0.25) is 0 Å². The van der Waals surface area contributed by atoms with Gasteiger partial charge in [0.15, 0.2) is 16.8 Å². The predicted octanol–water partition coefficient (Wildman–Crippen LogP) is 4.18. The second-order valence-electron chi connectivity index (χ2n) is 6.90. The Balaban J connectivity index is 1.40. The van der Waals surface area contributed by atoms with Gasteiger partial charge in [-0.1, -0.05) is 23.7 Å². The molecule has 0 bridgehead atoms. The maximum atomic E-state index is 13.4. The van der Waals surface area contributed by atoms with E-state index in [1.165, 1.54) is 33.8 Å². The van der Waals surface area contributed by atoms with Gasteiger partial charge in [0.25, 0.3) is 0 Å². The van der Waals surface area contributed by atoms with Crippen LogP contribution in [0.5, 0.6) is 0 Å². The van der Waals surface area contributed by atoms with Crippen LogP contribution in [0.25, 0.3) is 0 Å². The van der Waals surface area contributed by atoms with Crippen LogP contribution in [0, 0.1) is 11.6 Å². The van der Waals surface area contributed by atoms with E-state index in [-0.39, 0.29) is 4.90 Å². The molecule has 0 N–H and O–H groups in total. The monoisotopic (exact) mass is 469 g/mol. The molecular weight excluding hydrogens is 452 g/mol. The highest BCUT2D eigenvalue weighted by atomic mass is 35.5. The van der Waals surface area contributed by atoms with Gasteiger partial charge in [0.05, 0.1) is 10.6 Å². The molecule has 1 fully saturated rings. The molecule has 1 saturated heterocycles. The summed E-state index contributed by atoms with van der Waals surface area (Å²) in [5.41, 5.74) is 1.40. The number of aromatic nitrogens is 1. The van der Waals surface area contributed by atoms with E-state index in [0.29, 0.717) is 43.2 Å². The first-order valence-corrected chi connectivity index (χ1v) is 11.9. The maximum absolute atomic E-state index is 13.4. The largest absolute Gasteiger partial charge is 0.345 e.